The van der Waals surface area contributed by atoms with Crippen LogP contribution in [-0.4, -0.2) is 5.11 Å². The fourth-order valence-electron chi connectivity index (χ4n) is 3.27. The van der Waals surface area contributed by atoms with Crippen molar-refractivity contribution in [1.82, 2.24) is 0 Å². The van der Waals surface area contributed by atoms with Gasteiger partial charge in [-0.1, -0.05) is 31.5 Å². The molecule has 1 aliphatic carbocycles. The maximum atomic E-state index is 13.6. The van der Waals surface area contributed by atoms with Crippen LogP contribution in [0.4, 0.5) is 4.39 Å². The molecule has 1 saturated carbocycles. The molecule has 1 aromatic rings. The number of aliphatic hydroxyl groups excluding tert-OH is 1. The molecule has 1 unspecified atom stereocenters. The number of hydrogen-bond donors (Lipinski definition) is 1. The summed E-state index contributed by atoms with van der Waals surface area (Å²) >= 11 is 5.67. The number of hydrogen-bond acceptors (Lipinski definition) is 2. The first-order chi connectivity index (χ1) is 9.89. The molecule has 0 radical (unpaired) electrons. The molecule has 1 aliphatic rings. The molecule has 1 N–H and O–H groups in total. The molecule has 2 nitrogen and oxygen atoms in total. The third kappa shape index (κ3) is 3.22. The van der Waals surface area contributed by atoms with Gasteiger partial charge in [0.25, 0.3) is 0 Å². The van der Waals surface area contributed by atoms with Crippen LogP contribution in [-0.2, 0) is 0 Å². The van der Waals surface area contributed by atoms with Crippen LogP contribution in [0.1, 0.15) is 51.2 Å². The molecular weight excluding hydrogens is 289 g/mol. The summed E-state index contributed by atoms with van der Waals surface area (Å²) in [6, 6.07) is 6.57. The second-order valence-corrected chi connectivity index (χ2v) is 6.83. The summed E-state index contributed by atoms with van der Waals surface area (Å²) in [5.41, 5.74) is -0.382. The third-order valence-electron chi connectivity index (χ3n) is 4.87. The lowest BCUT2D eigenvalue weighted by Crippen LogP contribution is -2.33. The van der Waals surface area contributed by atoms with E-state index >= 15 is 0 Å². The van der Waals surface area contributed by atoms with Gasteiger partial charge in [0.2, 0.25) is 0 Å². The van der Waals surface area contributed by atoms with E-state index in [1.54, 1.807) is 6.07 Å². The van der Waals surface area contributed by atoms with Gasteiger partial charge in [-0.15, -0.1) is 0 Å². The zero-order valence-electron chi connectivity index (χ0n) is 12.4. The standard InChI is InChI=1S/C17H21ClFNO/c1-11(2)12-5-7-17(10-20,8-6-12)16(21)13-3-4-14(18)15(19)9-13/h3-4,9,11-12,16,21H,5-8H2,1-2H3. The van der Waals surface area contributed by atoms with Crippen molar-refractivity contribution in [3.05, 3.63) is 34.6 Å². The van der Waals surface area contributed by atoms with Crippen LogP contribution >= 0.6 is 11.6 Å². The van der Waals surface area contributed by atoms with E-state index in [9.17, 15) is 14.8 Å². The van der Waals surface area contributed by atoms with E-state index in [0.717, 1.165) is 12.8 Å². The SMILES string of the molecule is CC(C)C1CCC(C#N)(C(O)c2ccc(Cl)c(F)c2)CC1. The van der Waals surface area contributed by atoms with Gasteiger partial charge < -0.3 is 5.11 Å². The summed E-state index contributed by atoms with van der Waals surface area (Å²) < 4.78 is 13.6. The van der Waals surface area contributed by atoms with Gasteiger partial charge in [0.05, 0.1) is 22.6 Å². The van der Waals surface area contributed by atoms with Crippen LogP contribution in [0.3, 0.4) is 0 Å². The highest BCUT2D eigenvalue weighted by atomic mass is 35.5. The summed E-state index contributed by atoms with van der Waals surface area (Å²) in [6.07, 6.45) is 2.19. The van der Waals surface area contributed by atoms with Gasteiger partial charge in [-0.25, -0.2) is 4.39 Å². The molecule has 1 atom stereocenters. The number of rotatable bonds is 3. The Balaban J connectivity index is 2.21. The second-order valence-electron chi connectivity index (χ2n) is 6.43. The maximum absolute atomic E-state index is 13.6. The average molecular weight is 310 g/mol. The van der Waals surface area contributed by atoms with Crippen molar-refractivity contribution in [2.75, 3.05) is 0 Å². The molecule has 1 fully saturated rings. The average Bonchev–Trinajstić information content (AvgIpc) is 2.49. The Labute approximate surface area is 130 Å². The quantitative estimate of drug-likeness (QED) is 0.865. The highest BCUT2D eigenvalue weighted by Gasteiger charge is 2.43. The summed E-state index contributed by atoms with van der Waals surface area (Å²) in [4.78, 5) is 0. The van der Waals surface area contributed by atoms with Gasteiger partial charge >= 0.3 is 0 Å². The smallest absolute Gasteiger partial charge is 0.142 e. The van der Waals surface area contributed by atoms with Crippen LogP contribution in [0.2, 0.25) is 5.02 Å². The lowest BCUT2D eigenvalue weighted by molar-refractivity contribution is 0.0188. The van der Waals surface area contributed by atoms with Gasteiger partial charge in [-0.05, 0) is 55.2 Å². The van der Waals surface area contributed by atoms with Gasteiger partial charge in [-0.2, -0.15) is 5.26 Å². The molecule has 0 bridgehead atoms. The van der Waals surface area contributed by atoms with Crippen LogP contribution in [0.5, 0.6) is 0 Å². The van der Waals surface area contributed by atoms with Crippen molar-refractivity contribution in [1.29, 1.82) is 5.26 Å². The highest BCUT2D eigenvalue weighted by Crippen LogP contribution is 2.48. The summed E-state index contributed by atoms with van der Waals surface area (Å²) in [6.45, 7) is 4.38. The molecule has 0 aliphatic heterocycles. The Morgan fingerprint density at radius 2 is 2.00 bits per heavy atom. The third-order valence-corrected chi connectivity index (χ3v) is 5.18. The highest BCUT2D eigenvalue weighted by molar-refractivity contribution is 6.30. The molecule has 0 saturated heterocycles. The molecule has 2 rings (SSSR count). The second kappa shape index (κ2) is 6.34. The van der Waals surface area contributed by atoms with Gasteiger partial charge in [0, 0.05) is 0 Å². The first-order valence-corrected chi connectivity index (χ1v) is 7.81. The number of benzene rings is 1. The van der Waals surface area contributed by atoms with Gasteiger partial charge in [0.1, 0.15) is 5.82 Å². The van der Waals surface area contributed by atoms with Crippen LogP contribution in [0, 0.1) is 34.4 Å². The molecule has 0 spiro atoms. The Bertz CT molecular complexity index is 544. The molecule has 1 aromatic carbocycles. The molecule has 0 heterocycles. The van der Waals surface area contributed by atoms with Crippen molar-refractivity contribution in [2.45, 2.75) is 45.6 Å². The topological polar surface area (TPSA) is 44.0 Å². The van der Waals surface area contributed by atoms with E-state index in [2.05, 4.69) is 19.9 Å². The number of nitrogens with zero attached hydrogens (tertiary/aromatic N) is 1. The van der Waals surface area contributed by atoms with Crippen molar-refractivity contribution in [3.63, 3.8) is 0 Å². The van der Waals surface area contributed by atoms with Crippen molar-refractivity contribution in [2.24, 2.45) is 17.3 Å². The van der Waals surface area contributed by atoms with Gasteiger partial charge in [0.15, 0.2) is 0 Å². The molecule has 0 aromatic heterocycles. The minimum Gasteiger partial charge on any atom is -0.387 e. The fourth-order valence-corrected chi connectivity index (χ4v) is 3.39. The molecular formula is C17H21ClFNO. The first-order valence-electron chi connectivity index (χ1n) is 7.44. The molecule has 4 heteroatoms. The van der Waals surface area contributed by atoms with Gasteiger partial charge in [-0.3, -0.25) is 0 Å². The monoisotopic (exact) mass is 309 g/mol. The maximum Gasteiger partial charge on any atom is 0.142 e. The number of halogens is 2. The predicted molar refractivity (Wildman–Crippen MR) is 81.2 cm³/mol. The lowest BCUT2D eigenvalue weighted by atomic mass is 9.65. The Morgan fingerprint density at radius 1 is 1.38 bits per heavy atom. The summed E-state index contributed by atoms with van der Waals surface area (Å²) in [5.74, 6) is 0.629. The molecule has 0 amide bonds. The largest absolute Gasteiger partial charge is 0.387 e. The molecule has 21 heavy (non-hydrogen) atoms. The zero-order chi connectivity index (χ0) is 15.6. The zero-order valence-corrected chi connectivity index (χ0v) is 13.2. The lowest BCUT2D eigenvalue weighted by Gasteiger charge is -2.39. The van der Waals surface area contributed by atoms with Crippen molar-refractivity contribution >= 4 is 11.6 Å². The van der Waals surface area contributed by atoms with E-state index < -0.39 is 17.3 Å². The number of nitriles is 1. The summed E-state index contributed by atoms with van der Waals surface area (Å²) in [5, 5.41) is 20.2. The minimum atomic E-state index is -0.970. The Kier molecular flexibility index (Phi) is 4.91. The predicted octanol–water partition coefficient (Wildman–Crippen LogP) is 4.87. The first kappa shape index (κ1) is 16.3. The number of aliphatic hydroxyl groups is 1. The van der Waals surface area contributed by atoms with Crippen molar-refractivity contribution in [3.8, 4) is 6.07 Å². The van der Waals surface area contributed by atoms with Crippen LogP contribution in [0.15, 0.2) is 18.2 Å². The Morgan fingerprint density at radius 3 is 2.48 bits per heavy atom. The molecule has 114 valence electrons. The normalized spacial score (nSPS) is 27.4. The van der Waals surface area contributed by atoms with Crippen molar-refractivity contribution < 1.29 is 9.50 Å². The van der Waals surface area contributed by atoms with Crippen LogP contribution < -0.4 is 0 Å². The fraction of sp³-hybridized carbons (Fsp3) is 0.588. The van der Waals surface area contributed by atoms with E-state index in [4.69, 9.17) is 11.6 Å². The summed E-state index contributed by atoms with van der Waals surface area (Å²) in [7, 11) is 0. The van der Waals surface area contributed by atoms with Crippen LogP contribution in [0.25, 0.3) is 0 Å². The Hall–Kier alpha value is -1.11. The van der Waals surface area contributed by atoms with E-state index in [1.165, 1.54) is 12.1 Å². The van der Waals surface area contributed by atoms with E-state index in [1.807, 2.05) is 0 Å². The van der Waals surface area contributed by atoms with E-state index in [-0.39, 0.29) is 5.02 Å². The minimum absolute atomic E-state index is 0.0282. The van der Waals surface area contributed by atoms with E-state index in [0.29, 0.717) is 30.2 Å².